The Morgan fingerprint density at radius 3 is 1.65 bits per heavy atom. The zero-order valence-electron chi connectivity index (χ0n) is 7.65. The molecule has 1 nitrogen and oxygen atoms in total. The Kier molecular flexibility index (Phi) is 2.62. The first kappa shape index (κ1) is 14.2. The van der Waals surface area contributed by atoms with E-state index in [0.717, 1.165) is 0 Å². The standard InChI is InChI=1S/C7H4ClF7OS/c8-17(12,13,14,15)6-3-1-5(2-4-6)16-7(9,10)11/h1-4H. The number of ether oxygens (including phenoxy) is 1. The van der Waals surface area contributed by atoms with Gasteiger partial charge in [-0.05, 0) is 24.3 Å². The minimum atomic E-state index is -8.88. The molecule has 0 aliphatic carbocycles. The van der Waals surface area contributed by atoms with Crippen LogP contribution >= 0.6 is 19.7 Å². The monoisotopic (exact) mass is 304 g/mol. The van der Waals surface area contributed by atoms with Gasteiger partial charge in [-0.15, -0.1) is 28.7 Å². The summed E-state index contributed by atoms with van der Waals surface area (Å²) in [5.74, 6) is -0.903. The van der Waals surface area contributed by atoms with Gasteiger partial charge in [0.15, 0.2) is 0 Å². The average Bonchev–Trinajstić information content (AvgIpc) is 1.97. The molecule has 0 aliphatic heterocycles. The van der Waals surface area contributed by atoms with E-state index in [9.17, 15) is 28.7 Å². The van der Waals surface area contributed by atoms with E-state index >= 15 is 0 Å². The molecule has 0 aliphatic rings. The van der Waals surface area contributed by atoms with Crippen LogP contribution in [-0.2, 0) is 0 Å². The molecule has 0 radical (unpaired) electrons. The highest BCUT2D eigenvalue weighted by molar-refractivity contribution is 8.65. The Labute approximate surface area is 95.1 Å². The van der Waals surface area contributed by atoms with E-state index in [1.165, 1.54) is 0 Å². The van der Waals surface area contributed by atoms with Gasteiger partial charge >= 0.3 is 6.36 Å². The lowest BCUT2D eigenvalue weighted by atomic mass is 10.3. The smallest absolute Gasteiger partial charge is 0.406 e. The minimum absolute atomic E-state index is 0.0790. The quantitative estimate of drug-likeness (QED) is 0.654. The van der Waals surface area contributed by atoms with Crippen molar-refractivity contribution in [1.29, 1.82) is 0 Å². The summed E-state index contributed by atoms with van der Waals surface area (Å²) in [5, 5.41) is 0. The molecule has 100 valence electrons. The van der Waals surface area contributed by atoms with Gasteiger partial charge in [-0.1, -0.05) is 0 Å². The number of alkyl halides is 3. The largest absolute Gasteiger partial charge is 0.573 e. The Balaban J connectivity index is 3.07. The van der Waals surface area contributed by atoms with Crippen molar-refractivity contribution in [2.24, 2.45) is 0 Å². The van der Waals surface area contributed by atoms with Gasteiger partial charge in [-0.3, -0.25) is 0 Å². The van der Waals surface area contributed by atoms with Crippen LogP contribution in [0.2, 0.25) is 0 Å². The van der Waals surface area contributed by atoms with Gasteiger partial charge in [-0.25, -0.2) is 0 Å². The van der Waals surface area contributed by atoms with Crippen LogP contribution in [0.15, 0.2) is 29.2 Å². The van der Waals surface area contributed by atoms with Crippen LogP contribution < -0.4 is 4.74 Å². The summed E-state index contributed by atoms with van der Waals surface area (Å²) in [6.07, 6.45) is -5.04. The maximum Gasteiger partial charge on any atom is 0.573 e. The molecule has 0 N–H and O–H groups in total. The van der Waals surface area contributed by atoms with E-state index in [0.29, 0.717) is 12.1 Å². The topological polar surface area (TPSA) is 9.23 Å². The number of halogens is 8. The SMILES string of the molecule is FC(F)(F)Oc1ccc(S(F)(F)(F)(F)Cl)cc1. The molecule has 0 amide bonds. The van der Waals surface area contributed by atoms with E-state index in [2.05, 4.69) is 15.4 Å². The number of hydrogen-bond donors (Lipinski definition) is 0. The first-order valence-corrected chi connectivity index (χ1v) is 6.65. The fraction of sp³-hybridized carbons (Fsp3) is 0.143. The lowest BCUT2D eigenvalue weighted by Gasteiger charge is -2.42. The number of rotatable bonds is 2. The normalized spacial score (nSPS) is 17.2. The molecule has 0 atom stereocenters. The van der Waals surface area contributed by atoms with Gasteiger partial charge in [0.2, 0.25) is 0 Å². The Bertz CT molecular complexity index is 419. The summed E-state index contributed by atoms with van der Waals surface area (Å²) in [6.45, 7) is 0. The van der Waals surface area contributed by atoms with E-state index < -0.39 is 26.1 Å². The van der Waals surface area contributed by atoms with Crippen molar-refractivity contribution in [3.63, 3.8) is 0 Å². The molecular formula is C7H4ClF7OS. The van der Waals surface area contributed by atoms with Crippen molar-refractivity contribution in [2.75, 3.05) is 0 Å². The molecule has 0 fully saturated rings. The molecule has 1 aromatic rings. The number of benzene rings is 1. The average molecular weight is 305 g/mol. The summed E-state index contributed by atoms with van der Waals surface area (Å²) in [4.78, 5) is -1.85. The fourth-order valence-electron chi connectivity index (χ4n) is 0.898. The Hall–Kier alpha value is -0.830. The van der Waals surface area contributed by atoms with E-state index in [-0.39, 0.29) is 12.1 Å². The van der Waals surface area contributed by atoms with E-state index in [4.69, 9.17) is 0 Å². The molecule has 0 aromatic heterocycles. The van der Waals surface area contributed by atoms with Crippen LogP contribution in [0.5, 0.6) is 5.75 Å². The maximum absolute atomic E-state index is 12.6. The van der Waals surface area contributed by atoms with E-state index in [1.807, 2.05) is 0 Å². The molecule has 0 saturated carbocycles. The van der Waals surface area contributed by atoms with Crippen molar-refractivity contribution >= 4 is 19.7 Å². The zero-order valence-corrected chi connectivity index (χ0v) is 9.22. The maximum atomic E-state index is 12.6. The van der Waals surface area contributed by atoms with Crippen molar-refractivity contribution < 1.29 is 33.5 Å². The van der Waals surface area contributed by atoms with Gasteiger partial charge < -0.3 is 4.74 Å². The first-order valence-electron chi connectivity index (χ1n) is 3.77. The molecule has 0 spiro atoms. The highest BCUT2D eigenvalue weighted by atomic mass is 35.7. The van der Waals surface area contributed by atoms with E-state index in [1.54, 1.807) is 0 Å². The van der Waals surface area contributed by atoms with Crippen molar-refractivity contribution in [1.82, 2.24) is 0 Å². The van der Waals surface area contributed by atoms with Gasteiger partial charge in [0, 0.05) is 10.7 Å². The summed E-state index contributed by atoms with van der Waals surface area (Å²) in [5.41, 5.74) is 0. The molecule has 0 heterocycles. The second kappa shape index (κ2) is 3.14. The van der Waals surface area contributed by atoms with Gasteiger partial charge in [-0.2, -0.15) is 0 Å². The minimum Gasteiger partial charge on any atom is -0.406 e. The Morgan fingerprint density at radius 2 is 1.35 bits per heavy atom. The highest BCUT2D eigenvalue weighted by Gasteiger charge is 2.62. The summed E-state index contributed by atoms with van der Waals surface area (Å²) in [6, 6.07) is 0.804. The van der Waals surface area contributed by atoms with Crippen LogP contribution in [0.3, 0.4) is 0 Å². The van der Waals surface area contributed by atoms with Crippen LogP contribution in [-0.4, -0.2) is 6.36 Å². The van der Waals surface area contributed by atoms with Crippen molar-refractivity contribution in [3.05, 3.63) is 24.3 Å². The van der Waals surface area contributed by atoms with Crippen LogP contribution in [0.25, 0.3) is 0 Å². The molecule has 0 unspecified atom stereocenters. The van der Waals surface area contributed by atoms with Gasteiger partial charge in [0.1, 0.15) is 5.75 Å². The lowest BCUT2D eigenvalue weighted by Crippen LogP contribution is -2.17. The summed E-state index contributed by atoms with van der Waals surface area (Å²) >= 11 is 0. The number of hydrogen-bond acceptors (Lipinski definition) is 1. The molecule has 0 bridgehead atoms. The lowest BCUT2D eigenvalue weighted by molar-refractivity contribution is -0.274. The van der Waals surface area contributed by atoms with Crippen LogP contribution in [0.4, 0.5) is 28.7 Å². The third kappa shape index (κ3) is 4.50. The van der Waals surface area contributed by atoms with Gasteiger partial charge in [0.25, 0.3) is 9.05 Å². The molecular weight excluding hydrogens is 301 g/mol. The van der Waals surface area contributed by atoms with Crippen LogP contribution in [0, 0.1) is 0 Å². The molecule has 17 heavy (non-hydrogen) atoms. The fourth-order valence-corrected chi connectivity index (χ4v) is 1.86. The van der Waals surface area contributed by atoms with Crippen LogP contribution in [0.1, 0.15) is 0 Å². The Morgan fingerprint density at radius 1 is 0.941 bits per heavy atom. The summed E-state index contributed by atoms with van der Waals surface area (Å²) < 4.78 is 88.7. The first-order chi connectivity index (χ1) is 7.17. The third-order valence-electron chi connectivity index (χ3n) is 1.50. The molecule has 1 aromatic carbocycles. The third-order valence-corrected chi connectivity index (χ3v) is 3.20. The molecule has 1 rings (SSSR count). The second-order valence-corrected chi connectivity index (χ2v) is 7.26. The van der Waals surface area contributed by atoms with Crippen molar-refractivity contribution in [2.45, 2.75) is 11.3 Å². The zero-order chi connectivity index (χ0) is 13.6. The molecule has 0 saturated heterocycles. The van der Waals surface area contributed by atoms with Gasteiger partial charge in [0.05, 0.1) is 4.90 Å². The van der Waals surface area contributed by atoms with Crippen molar-refractivity contribution in [3.8, 4) is 5.75 Å². The highest BCUT2D eigenvalue weighted by Crippen LogP contribution is 3.04. The predicted molar refractivity (Wildman–Crippen MR) is 49.3 cm³/mol. The molecule has 10 heteroatoms. The summed E-state index contributed by atoms with van der Waals surface area (Å²) in [7, 11) is -4.94. The predicted octanol–water partition coefficient (Wildman–Crippen LogP) is 5.51. The second-order valence-electron chi connectivity index (χ2n) is 2.99.